The number of aromatic nitrogens is 2. The van der Waals surface area contributed by atoms with Crippen molar-refractivity contribution in [3.63, 3.8) is 0 Å². The van der Waals surface area contributed by atoms with E-state index in [0.717, 1.165) is 12.1 Å². The number of nitrogen functional groups attached to an aromatic ring is 1. The van der Waals surface area contributed by atoms with Crippen molar-refractivity contribution in [3.8, 4) is 22.9 Å². The summed E-state index contributed by atoms with van der Waals surface area (Å²) in [4.78, 5) is 0. The van der Waals surface area contributed by atoms with Gasteiger partial charge in [0.05, 0.1) is 5.56 Å². The molecule has 0 saturated carbocycles. The molecule has 0 bridgehead atoms. The molecular weight excluding hydrogens is 295 g/mol. The Morgan fingerprint density at radius 2 is 1.50 bits per heavy atom. The first kappa shape index (κ1) is 14.1. The van der Waals surface area contributed by atoms with Crippen molar-refractivity contribution in [1.82, 2.24) is 10.2 Å². The van der Waals surface area contributed by atoms with E-state index >= 15 is 0 Å². The van der Waals surface area contributed by atoms with Gasteiger partial charge >= 0.3 is 6.18 Å². The minimum Gasteiger partial charge on any atom is -0.416 e. The van der Waals surface area contributed by atoms with Gasteiger partial charge < -0.3 is 10.2 Å². The lowest BCUT2D eigenvalue weighted by molar-refractivity contribution is -0.137. The van der Waals surface area contributed by atoms with Crippen molar-refractivity contribution >= 4 is 5.69 Å². The van der Waals surface area contributed by atoms with E-state index in [2.05, 4.69) is 10.2 Å². The van der Waals surface area contributed by atoms with Crippen LogP contribution in [0.25, 0.3) is 22.9 Å². The minimum absolute atomic E-state index is 0.0259. The Balaban J connectivity index is 1.96. The summed E-state index contributed by atoms with van der Waals surface area (Å²) in [5, 5.41) is 7.64. The normalized spacial score (nSPS) is 11.6. The summed E-state index contributed by atoms with van der Waals surface area (Å²) in [5.74, 6) is 0.241. The molecule has 0 saturated heterocycles. The van der Waals surface area contributed by atoms with Crippen LogP contribution in [-0.2, 0) is 6.18 Å². The second-order valence-electron chi connectivity index (χ2n) is 4.61. The van der Waals surface area contributed by atoms with Crippen molar-refractivity contribution in [1.29, 1.82) is 0 Å². The molecule has 0 aliphatic heterocycles. The average molecular weight is 305 g/mol. The second kappa shape index (κ2) is 5.18. The van der Waals surface area contributed by atoms with E-state index < -0.39 is 11.7 Å². The zero-order valence-electron chi connectivity index (χ0n) is 11.1. The number of benzene rings is 2. The predicted molar refractivity (Wildman–Crippen MR) is 74.6 cm³/mol. The van der Waals surface area contributed by atoms with Gasteiger partial charge in [-0.25, -0.2) is 0 Å². The van der Waals surface area contributed by atoms with E-state index in [4.69, 9.17) is 10.2 Å². The van der Waals surface area contributed by atoms with Crippen LogP contribution in [-0.4, -0.2) is 10.2 Å². The van der Waals surface area contributed by atoms with Crippen molar-refractivity contribution in [2.24, 2.45) is 0 Å². The minimum atomic E-state index is -4.42. The van der Waals surface area contributed by atoms with Crippen LogP contribution < -0.4 is 5.73 Å². The lowest BCUT2D eigenvalue weighted by Crippen LogP contribution is -2.04. The van der Waals surface area contributed by atoms with Crippen molar-refractivity contribution in [2.45, 2.75) is 6.18 Å². The van der Waals surface area contributed by atoms with Gasteiger partial charge in [-0.2, -0.15) is 13.2 Å². The second-order valence-corrected chi connectivity index (χ2v) is 4.61. The SMILES string of the molecule is Nc1ccc(-c2nnc(-c3cccc(C(F)(F)F)c3)o2)cc1. The molecule has 0 unspecified atom stereocenters. The smallest absolute Gasteiger partial charge is 0.416 e. The van der Waals surface area contributed by atoms with Crippen LogP contribution in [0.15, 0.2) is 52.9 Å². The summed E-state index contributed by atoms with van der Waals surface area (Å²) in [6, 6.07) is 11.5. The van der Waals surface area contributed by atoms with E-state index in [9.17, 15) is 13.2 Å². The van der Waals surface area contributed by atoms with E-state index in [1.54, 1.807) is 24.3 Å². The van der Waals surface area contributed by atoms with E-state index in [1.165, 1.54) is 12.1 Å². The van der Waals surface area contributed by atoms with Crippen LogP contribution in [0.1, 0.15) is 5.56 Å². The highest BCUT2D eigenvalue weighted by molar-refractivity contribution is 5.60. The topological polar surface area (TPSA) is 64.9 Å². The number of hydrogen-bond acceptors (Lipinski definition) is 4. The molecule has 4 nitrogen and oxygen atoms in total. The van der Waals surface area contributed by atoms with Gasteiger partial charge in [0.15, 0.2) is 0 Å². The van der Waals surface area contributed by atoms with E-state index in [1.807, 2.05) is 0 Å². The maximum Gasteiger partial charge on any atom is 0.416 e. The Labute approximate surface area is 123 Å². The number of anilines is 1. The molecule has 1 heterocycles. The number of alkyl halides is 3. The number of nitrogens with two attached hydrogens (primary N) is 1. The fraction of sp³-hybridized carbons (Fsp3) is 0.0667. The van der Waals surface area contributed by atoms with Gasteiger partial charge in [-0.05, 0) is 42.5 Å². The van der Waals surface area contributed by atoms with Crippen LogP contribution in [0.4, 0.5) is 18.9 Å². The van der Waals surface area contributed by atoms with Gasteiger partial charge in [0.2, 0.25) is 11.8 Å². The Morgan fingerprint density at radius 3 is 2.14 bits per heavy atom. The molecular formula is C15H10F3N3O. The molecule has 22 heavy (non-hydrogen) atoms. The summed E-state index contributed by atoms with van der Waals surface area (Å²) >= 11 is 0. The summed E-state index contributed by atoms with van der Waals surface area (Å²) in [5.41, 5.74) is 6.25. The zero-order valence-corrected chi connectivity index (χ0v) is 11.1. The van der Waals surface area contributed by atoms with Crippen LogP contribution >= 0.6 is 0 Å². The molecule has 2 N–H and O–H groups in total. The summed E-state index contributed by atoms with van der Waals surface area (Å²) < 4.78 is 43.6. The van der Waals surface area contributed by atoms with Gasteiger partial charge in [-0.3, -0.25) is 0 Å². The third-order valence-electron chi connectivity index (χ3n) is 3.02. The number of hydrogen-bond donors (Lipinski definition) is 1. The molecule has 0 amide bonds. The molecule has 0 aliphatic rings. The third-order valence-corrected chi connectivity index (χ3v) is 3.02. The standard InChI is InChI=1S/C15H10F3N3O/c16-15(17,18)11-3-1-2-10(8-11)14-21-20-13(22-14)9-4-6-12(19)7-5-9/h1-8H,19H2. The summed E-state index contributed by atoms with van der Waals surface area (Å²) in [7, 11) is 0. The highest BCUT2D eigenvalue weighted by Crippen LogP contribution is 2.32. The van der Waals surface area contributed by atoms with Crippen LogP contribution in [0.2, 0.25) is 0 Å². The zero-order chi connectivity index (χ0) is 15.7. The molecule has 112 valence electrons. The molecule has 3 rings (SSSR count). The Hall–Kier alpha value is -2.83. The first-order valence-electron chi connectivity index (χ1n) is 6.30. The Morgan fingerprint density at radius 1 is 0.864 bits per heavy atom. The Bertz CT molecular complexity index is 794. The molecule has 0 atom stereocenters. The van der Waals surface area contributed by atoms with Crippen molar-refractivity contribution in [2.75, 3.05) is 5.73 Å². The first-order valence-corrected chi connectivity index (χ1v) is 6.30. The van der Waals surface area contributed by atoms with Crippen LogP contribution in [0.3, 0.4) is 0 Å². The molecule has 0 aliphatic carbocycles. The highest BCUT2D eigenvalue weighted by atomic mass is 19.4. The molecule has 0 fully saturated rings. The van der Waals surface area contributed by atoms with Gasteiger partial charge in [0.25, 0.3) is 0 Å². The van der Waals surface area contributed by atoms with Crippen LogP contribution in [0, 0.1) is 0 Å². The molecule has 0 radical (unpaired) electrons. The monoisotopic (exact) mass is 305 g/mol. The van der Waals surface area contributed by atoms with E-state index in [-0.39, 0.29) is 17.3 Å². The van der Waals surface area contributed by atoms with Gasteiger partial charge in [0.1, 0.15) is 0 Å². The van der Waals surface area contributed by atoms with E-state index in [0.29, 0.717) is 11.3 Å². The lowest BCUT2D eigenvalue weighted by atomic mass is 10.1. The number of nitrogens with zero attached hydrogens (tertiary/aromatic N) is 2. The quantitative estimate of drug-likeness (QED) is 0.727. The van der Waals surface area contributed by atoms with Crippen molar-refractivity contribution < 1.29 is 17.6 Å². The Kier molecular flexibility index (Phi) is 3.32. The average Bonchev–Trinajstić information content (AvgIpc) is 2.97. The maximum absolute atomic E-state index is 12.7. The molecule has 3 aromatic rings. The lowest BCUT2D eigenvalue weighted by Gasteiger charge is -2.06. The third kappa shape index (κ3) is 2.78. The van der Waals surface area contributed by atoms with Crippen LogP contribution in [0.5, 0.6) is 0 Å². The molecule has 2 aromatic carbocycles. The van der Waals surface area contributed by atoms with Gasteiger partial charge in [0, 0.05) is 16.8 Å². The maximum atomic E-state index is 12.7. The van der Waals surface area contributed by atoms with Gasteiger partial charge in [-0.1, -0.05) is 6.07 Å². The first-order chi connectivity index (χ1) is 10.4. The van der Waals surface area contributed by atoms with Gasteiger partial charge in [-0.15, -0.1) is 10.2 Å². The summed E-state index contributed by atoms with van der Waals surface area (Å²) in [6.07, 6.45) is -4.42. The largest absolute Gasteiger partial charge is 0.416 e. The molecule has 0 spiro atoms. The molecule has 1 aromatic heterocycles. The number of rotatable bonds is 2. The fourth-order valence-corrected chi connectivity index (χ4v) is 1.91. The summed E-state index contributed by atoms with van der Waals surface area (Å²) in [6.45, 7) is 0. The predicted octanol–water partition coefficient (Wildman–Crippen LogP) is 4.00. The highest BCUT2D eigenvalue weighted by Gasteiger charge is 2.30. The van der Waals surface area contributed by atoms with Crippen molar-refractivity contribution in [3.05, 3.63) is 54.1 Å². The number of halogens is 3. The fourth-order valence-electron chi connectivity index (χ4n) is 1.91. The molecule has 7 heteroatoms.